The molecular weight excluding hydrogens is 364 g/mol. The summed E-state index contributed by atoms with van der Waals surface area (Å²) in [6.07, 6.45) is 8.36. The van der Waals surface area contributed by atoms with Gasteiger partial charge in [0.05, 0.1) is 5.56 Å². The van der Waals surface area contributed by atoms with E-state index in [-0.39, 0.29) is 28.6 Å². The van der Waals surface area contributed by atoms with Crippen molar-refractivity contribution in [3.63, 3.8) is 0 Å². The second-order valence-electron chi connectivity index (χ2n) is 7.56. The minimum absolute atomic E-state index is 0.102. The largest absolute Gasteiger partial charge is 0.508 e. The molecule has 152 valence electrons. The van der Waals surface area contributed by atoms with Gasteiger partial charge in [-0.05, 0) is 87.6 Å². The lowest BCUT2D eigenvalue weighted by molar-refractivity contribution is 0.104. The van der Waals surface area contributed by atoms with Crippen molar-refractivity contribution in [3.8, 4) is 17.2 Å². The molecule has 29 heavy (non-hydrogen) atoms. The molecular formula is C25H28O4. The Morgan fingerprint density at radius 3 is 1.90 bits per heavy atom. The Bertz CT molecular complexity index is 945. The lowest BCUT2D eigenvalue weighted by Gasteiger charge is -2.10. The first-order valence-electron chi connectivity index (χ1n) is 9.53. The zero-order chi connectivity index (χ0) is 21.6. The van der Waals surface area contributed by atoms with Crippen molar-refractivity contribution in [2.24, 2.45) is 0 Å². The topological polar surface area (TPSA) is 77.8 Å². The number of carbonyl (C=O) groups is 1. The van der Waals surface area contributed by atoms with Crippen LogP contribution >= 0.6 is 0 Å². The minimum atomic E-state index is -0.368. The van der Waals surface area contributed by atoms with Gasteiger partial charge in [-0.1, -0.05) is 29.4 Å². The van der Waals surface area contributed by atoms with E-state index in [1.165, 1.54) is 18.2 Å². The van der Waals surface area contributed by atoms with E-state index < -0.39 is 0 Å². The van der Waals surface area contributed by atoms with E-state index in [0.717, 1.165) is 33.9 Å². The molecule has 0 unspecified atom stereocenters. The number of rotatable bonds is 7. The quantitative estimate of drug-likeness (QED) is 0.320. The molecule has 2 aromatic carbocycles. The minimum Gasteiger partial charge on any atom is -0.508 e. The summed E-state index contributed by atoms with van der Waals surface area (Å²) in [6.45, 7) is 8.03. The zero-order valence-corrected chi connectivity index (χ0v) is 17.4. The van der Waals surface area contributed by atoms with Crippen molar-refractivity contribution in [2.75, 3.05) is 0 Å². The Kier molecular flexibility index (Phi) is 7.43. The highest BCUT2D eigenvalue weighted by molar-refractivity contribution is 6.08. The van der Waals surface area contributed by atoms with Crippen LogP contribution in [-0.2, 0) is 12.8 Å². The van der Waals surface area contributed by atoms with Crippen LogP contribution in [0, 0.1) is 0 Å². The number of hydrogen-bond acceptors (Lipinski definition) is 4. The summed E-state index contributed by atoms with van der Waals surface area (Å²) in [6, 6.07) is 7.60. The van der Waals surface area contributed by atoms with E-state index in [4.69, 9.17) is 0 Å². The van der Waals surface area contributed by atoms with E-state index >= 15 is 0 Å². The summed E-state index contributed by atoms with van der Waals surface area (Å²) in [5, 5.41) is 29.9. The maximum absolute atomic E-state index is 12.4. The van der Waals surface area contributed by atoms with E-state index in [1.54, 1.807) is 6.08 Å². The molecule has 3 N–H and O–H groups in total. The van der Waals surface area contributed by atoms with Crippen molar-refractivity contribution in [1.82, 2.24) is 0 Å². The van der Waals surface area contributed by atoms with Crippen LogP contribution in [0.15, 0.2) is 59.7 Å². The van der Waals surface area contributed by atoms with Gasteiger partial charge in [-0.15, -0.1) is 0 Å². The zero-order valence-electron chi connectivity index (χ0n) is 17.4. The van der Waals surface area contributed by atoms with Gasteiger partial charge in [-0.25, -0.2) is 0 Å². The van der Waals surface area contributed by atoms with Crippen molar-refractivity contribution >= 4 is 11.9 Å². The van der Waals surface area contributed by atoms with Crippen molar-refractivity contribution < 1.29 is 20.1 Å². The molecule has 2 aromatic rings. The Morgan fingerprint density at radius 1 is 0.862 bits per heavy atom. The molecule has 0 radical (unpaired) electrons. The number of ketones is 1. The average Bonchev–Trinajstić information content (AvgIpc) is 2.64. The van der Waals surface area contributed by atoms with E-state index in [2.05, 4.69) is 0 Å². The fraction of sp³-hybridized carbons (Fsp3) is 0.240. The van der Waals surface area contributed by atoms with Crippen molar-refractivity contribution in [3.05, 3.63) is 82.0 Å². The third kappa shape index (κ3) is 6.39. The molecule has 0 aliphatic carbocycles. The highest BCUT2D eigenvalue weighted by Gasteiger charge is 2.11. The number of aromatic hydroxyl groups is 3. The number of phenols is 3. The monoisotopic (exact) mass is 392 g/mol. The van der Waals surface area contributed by atoms with Gasteiger partial charge in [0.2, 0.25) is 0 Å². The molecule has 0 spiro atoms. The molecule has 0 heterocycles. The predicted octanol–water partition coefficient (Wildman–Crippen LogP) is 5.72. The molecule has 0 atom stereocenters. The van der Waals surface area contributed by atoms with Gasteiger partial charge in [0.1, 0.15) is 17.2 Å². The van der Waals surface area contributed by atoms with Crippen LogP contribution in [-0.4, -0.2) is 21.1 Å². The van der Waals surface area contributed by atoms with Crippen LogP contribution in [0.25, 0.3) is 6.08 Å². The Balaban J connectivity index is 2.39. The van der Waals surface area contributed by atoms with Gasteiger partial charge in [-0.2, -0.15) is 0 Å². The smallest absolute Gasteiger partial charge is 0.189 e. The normalized spacial score (nSPS) is 10.8. The van der Waals surface area contributed by atoms with Crippen molar-refractivity contribution in [1.29, 1.82) is 0 Å². The molecule has 0 fully saturated rings. The summed E-state index contributed by atoms with van der Waals surface area (Å²) in [4.78, 5) is 12.4. The first-order chi connectivity index (χ1) is 13.7. The van der Waals surface area contributed by atoms with Gasteiger partial charge < -0.3 is 15.3 Å². The molecule has 4 nitrogen and oxygen atoms in total. The standard InChI is InChI=1S/C25H28O4/c1-16(2)5-8-19-13-18(14-20(25(19)29)9-6-17(3)4)7-12-23(27)22-11-10-21(26)15-24(22)28/h5-7,10-15,26,28-29H,8-9H2,1-4H3/b12-7+. The van der Waals surface area contributed by atoms with Crippen LogP contribution in [0.2, 0.25) is 0 Å². The van der Waals surface area contributed by atoms with Gasteiger partial charge in [0.25, 0.3) is 0 Å². The first kappa shape index (κ1) is 22.0. The summed E-state index contributed by atoms with van der Waals surface area (Å²) in [7, 11) is 0. The summed E-state index contributed by atoms with van der Waals surface area (Å²) >= 11 is 0. The SMILES string of the molecule is CC(C)=CCc1cc(/C=C/C(=O)c2ccc(O)cc2O)cc(CC=C(C)C)c1O. The van der Waals surface area contributed by atoms with E-state index in [9.17, 15) is 20.1 Å². The predicted molar refractivity (Wildman–Crippen MR) is 118 cm³/mol. The summed E-state index contributed by atoms with van der Waals surface area (Å²) in [5.74, 6) is -0.458. The third-order valence-corrected chi connectivity index (χ3v) is 4.42. The molecule has 0 aromatic heterocycles. The Labute approximate surface area is 172 Å². The Hall–Kier alpha value is -3.27. The molecule has 0 saturated heterocycles. The fourth-order valence-corrected chi connectivity index (χ4v) is 2.81. The van der Waals surface area contributed by atoms with Crippen molar-refractivity contribution in [2.45, 2.75) is 40.5 Å². The first-order valence-corrected chi connectivity index (χ1v) is 9.53. The highest BCUT2D eigenvalue weighted by atomic mass is 16.3. The molecule has 2 rings (SSSR count). The van der Waals surface area contributed by atoms with Crippen LogP contribution in [0.5, 0.6) is 17.2 Å². The van der Waals surface area contributed by atoms with Crippen LogP contribution in [0.1, 0.15) is 54.7 Å². The number of benzene rings is 2. The maximum atomic E-state index is 12.4. The molecule has 0 amide bonds. The van der Waals surface area contributed by atoms with E-state index in [1.807, 2.05) is 52.0 Å². The number of hydrogen-bond donors (Lipinski definition) is 3. The van der Waals surface area contributed by atoms with Gasteiger partial charge in [0, 0.05) is 6.07 Å². The maximum Gasteiger partial charge on any atom is 0.189 e. The number of carbonyl (C=O) groups excluding carboxylic acids is 1. The molecule has 0 bridgehead atoms. The summed E-state index contributed by atoms with van der Waals surface area (Å²) < 4.78 is 0. The second kappa shape index (κ2) is 9.78. The molecule has 4 heteroatoms. The molecule has 0 aliphatic rings. The van der Waals surface area contributed by atoms with Crippen LogP contribution in [0.3, 0.4) is 0 Å². The van der Waals surface area contributed by atoms with Gasteiger partial charge >= 0.3 is 0 Å². The van der Waals surface area contributed by atoms with E-state index in [0.29, 0.717) is 12.8 Å². The number of phenolic OH excluding ortho intramolecular Hbond substituents is 3. The Morgan fingerprint density at radius 2 is 1.41 bits per heavy atom. The van der Waals surface area contributed by atoms with Crippen LogP contribution < -0.4 is 0 Å². The molecule has 0 aliphatic heterocycles. The second-order valence-corrected chi connectivity index (χ2v) is 7.56. The van der Waals surface area contributed by atoms with Gasteiger partial charge in [-0.3, -0.25) is 4.79 Å². The van der Waals surface area contributed by atoms with Crippen LogP contribution in [0.4, 0.5) is 0 Å². The average molecular weight is 392 g/mol. The summed E-state index contributed by atoms with van der Waals surface area (Å²) in [5.41, 5.74) is 4.83. The fourth-order valence-electron chi connectivity index (χ4n) is 2.81. The lowest BCUT2D eigenvalue weighted by Crippen LogP contribution is -1.96. The highest BCUT2D eigenvalue weighted by Crippen LogP contribution is 2.28. The number of allylic oxidation sites excluding steroid dienone is 5. The van der Waals surface area contributed by atoms with Gasteiger partial charge in [0.15, 0.2) is 5.78 Å². The lowest BCUT2D eigenvalue weighted by atomic mass is 9.97. The third-order valence-electron chi connectivity index (χ3n) is 4.42. The molecule has 0 saturated carbocycles.